The minimum absolute atomic E-state index is 0.331. The van der Waals surface area contributed by atoms with Crippen LogP contribution in [0.15, 0.2) is 22.7 Å². The van der Waals surface area contributed by atoms with Crippen molar-refractivity contribution in [2.45, 2.75) is 6.10 Å². The number of likely N-dealkylation sites (N-methyl/N-ethyl adjacent to an activating group) is 1. The van der Waals surface area contributed by atoms with Crippen molar-refractivity contribution in [1.82, 2.24) is 5.32 Å². The normalized spacial score (nSPS) is 12.9. The second-order valence-electron chi connectivity index (χ2n) is 2.72. The number of rotatable bonds is 3. The van der Waals surface area contributed by atoms with E-state index in [0.29, 0.717) is 16.6 Å². The topological polar surface area (TPSA) is 32.3 Å². The maximum atomic E-state index is 13.0. The summed E-state index contributed by atoms with van der Waals surface area (Å²) in [5.74, 6) is -0.354. The van der Waals surface area contributed by atoms with Gasteiger partial charge in [0.2, 0.25) is 0 Å². The van der Waals surface area contributed by atoms with Gasteiger partial charge in [-0.25, -0.2) is 4.39 Å². The van der Waals surface area contributed by atoms with Gasteiger partial charge in [0.15, 0.2) is 0 Å². The molecule has 1 unspecified atom stereocenters. The fraction of sp³-hybridized carbons (Fsp3) is 0.333. The van der Waals surface area contributed by atoms with Crippen LogP contribution in [0.5, 0.6) is 0 Å². The van der Waals surface area contributed by atoms with Gasteiger partial charge in [-0.15, -0.1) is 0 Å². The quantitative estimate of drug-likeness (QED) is 0.855. The van der Waals surface area contributed by atoms with Crippen molar-refractivity contribution in [3.63, 3.8) is 0 Å². The van der Waals surface area contributed by atoms with Crippen LogP contribution in [0.3, 0.4) is 0 Å². The predicted octanol–water partition coefficient (Wildman–Crippen LogP) is 1.84. The molecule has 0 aliphatic heterocycles. The van der Waals surface area contributed by atoms with Crippen LogP contribution < -0.4 is 5.32 Å². The van der Waals surface area contributed by atoms with E-state index in [0.717, 1.165) is 0 Å². The Bertz CT molecular complexity index is 293. The van der Waals surface area contributed by atoms with Crippen molar-refractivity contribution in [2.75, 3.05) is 13.6 Å². The molecule has 2 nitrogen and oxygen atoms in total. The average Bonchev–Trinajstić information content (AvgIpc) is 2.10. The molecule has 0 bridgehead atoms. The monoisotopic (exact) mass is 247 g/mol. The van der Waals surface area contributed by atoms with Gasteiger partial charge in [-0.3, -0.25) is 0 Å². The minimum atomic E-state index is -0.685. The summed E-state index contributed by atoms with van der Waals surface area (Å²) in [4.78, 5) is 0. The lowest BCUT2D eigenvalue weighted by molar-refractivity contribution is 0.176. The van der Waals surface area contributed by atoms with Crippen LogP contribution >= 0.6 is 15.9 Å². The molecule has 0 fully saturated rings. The molecule has 0 radical (unpaired) electrons. The van der Waals surface area contributed by atoms with Crippen molar-refractivity contribution >= 4 is 15.9 Å². The summed E-state index contributed by atoms with van der Waals surface area (Å²) >= 11 is 3.09. The summed E-state index contributed by atoms with van der Waals surface area (Å²) in [6, 6.07) is 4.61. The Morgan fingerprint density at radius 3 is 2.92 bits per heavy atom. The predicted molar refractivity (Wildman–Crippen MR) is 53.0 cm³/mol. The first-order chi connectivity index (χ1) is 6.16. The molecule has 0 aromatic heterocycles. The third kappa shape index (κ3) is 2.49. The fourth-order valence-corrected chi connectivity index (χ4v) is 1.61. The minimum Gasteiger partial charge on any atom is -0.387 e. The third-order valence-electron chi connectivity index (χ3n) is 1.74. The largest absolute Gasteiger partial charge is 0.387 e. The molecule has 0 spiro atoms. The van der Waals surface area contributed by atoms with Crippen LogP contribution in [-0.2, 0) is 0 Å². The molecule has 72 valence electrons. The molecule has 0 aliphatic rings. The van der Waals surface area contributed by atoms with Crippen LogP contribution in [0.4, 0.5) is 4.39 Å². The Kier molecular flexibility index (Phi) is 3.84. The molecular weight excluding hydrogens is 237 g/mol. The standard InChI is InChI=1S/C9H11BrFNO/c1-12-5-8(13)6-3-2-4-7(11)9(6)10/h2-4,8,12-13H,5H2,1H3. The second-order valence-corrected chi connectivity index (χ2v) is 3.51. The second kappa shape index (κ2) is 4.69. The molecule has 4 heteroatoms. The van der Waals surface area contributed by atoms with Gasteiger partial charge < -0.3 is 10.4 Å². The molecular formula is C9H11BrFNO. The first-order valence-corrected chi connectivity index (χ1v) is 4.72. The summed E-state index contributed by atoms with van der Waals surface area (Å²) in [7, 11) is 1.73. The van der Waals surface area contributed by atoms with Gasteiger partial charge in [-0.2, -0.15) is 0 Å². The fourth-order valence-electron chi connectivity index (χ4n) is 1.08. The highest BCUT2D eigenvalue weighted by atomic mass is 79.9. The van der Waals surface area contributed by atoms with E-state index in [1.54, 1.807) is 19.2 Å². The first-order valence-electron chi connectivity index (χ1n) is 3.93. The molecule has 13 heavy (non-hydrogen) atoms. The third-order valence-corrected chi connectivity index (χ3v) is 2.57. The van der Waals surface area contributed by atoms with E-state index in [2.05, 4.69) is 21.2 Å². The van der Waals surface area contributed by atoms with Crippen molar-refractivity contribution in [3.05, 3.63) is 34.1 Å². The van der Waals surface area contributed by atoms with Crippen molar-refractivity contribution in [3.8, 4) is 0 Å². The molecule has 0 aliphatic carbocycles. The van der Waals surface area contributed by atoms with Crippen molar-refractivity contribution < 1.29 is 9.50 Å². The summed E-state index contributed by atoms with van der Waals surface area (Å²) < 4.78 is 13.3. The molecule has 0 heterocycles. The summed E-state index contributed by atoms with van der Waals surface area (Å²) in [5, 5.41) is 12.4. The summed E-state index contributed by atoms with van der Waals surface area (Å²) in [6.45, 7) is 0.405. The maximum Gasteiger partial charge on any atom is 0.137 e. The smallest absolute Gasteiger partial charge is 0.137 e. The molecule has 0 saturated heterocycles. The van der Waals surface area contributed by atoms with E-state index < -0.39 is 6.10 Å². The lowest BCUT2D eigenvalue weighted by Gasteiger charge is -2.12. The van der Waals surface area contributed by atoms with Crippen LogP contribution in [0.1, 0.15) is 11.7 Å². The highest BCUT2D eigenvalue weighted by Crippen LogP contribution is 2.25. The lowest BCUT2D eigenvalue weighted by Crippen LogP contribution is -2.17. The molecule has 2 N–H and O–H groups in total. The molecule has 1 aromatic carbocycles. The molecule has 1 rings (SSSR count). The van der Waals surface area contributed by atoms with Gasteiger partial charge in [0, 0.05) is 6.54 Å². The van der Waals surface area contributed by atoms with E-state index in [-0.39, 0.29) is 5.82 Å². The number of aliphatic hydroxyl groups excluding tert-OH is 1. The first kappa shape index (κ1) is 10.6. The zero-order chi connectivity index (χ0) is 9.84. The Balaban J connectivity index is 2.93. The number of benzene rings is 1. The van der Waals surface area contributed by atoms with E-state index in [1.807, 2.05) is 0 Å². The van der Waals surface area contributed by atoms with Gasteiger partial charge in [0.05, 0.1) is 10.6 Å². The Labute approximate surface area is 84.9 Å². The van der Waals surface area contributed by atoms with E-state index in [1.165, 1.54) is 6.07 Å². The number of aliphatic hydroxyl groups is 1. The maximum absolute atomic E-state index is 13.0. The number of hydrogen-bond donors (Lipinski definition) is 2. The van der Waals surface area contributed by atoms with Crippen molar-refractivity contribution in [2.24, 2.45) is 0 Å². The van der Waals surface area contributed by atoms with Gasteiger partial charge >= 0.3 is 0 Å². The summed E-state index contributed by atoms with van der Waals surface area (Å²) in [6.07, 6.45) is -0.685. The number of hydrogen-bond acceptors (Lipinski definition) is 2. The highest BCUT2D eigenvalue weighted by molar-refractivity contribution is 9.10. The Morgan fingerprint density at radius 1 is 1.62 bits per heavy atom. The molecule has 1 atom stereocenters. The van der Waals surface area contributed by atoms with E-state index >= 15 is 0 Å². The van der Waals surface area contributed by atoms with Crippen LogP contribution in [0.25, 0.3) is 0 Å². The van der Waals surface area contributed by atoms with Gasteiger partial charge in [-0.1, -0.05) is 12.1 Å². The molecule has 0 saturated carbocycles. The van der Waals surface area contributed by atoms with Crippen LogP contribution in [-0.4, -0.2) is 18.7 Å². The van der Waals surface area contributed by atoms with Gasteiger partial charge in [0.25, 0.3) is 0 Å². The Hall–Kier alpha value is -0.450. The zero-order valence-corrected chi connectivity index (χ0v) is 8.81. The average molecular weight is 248 g/mol. The van der Waals surface area contributed by atoms with Gasteiger partial charge in [0.1, 0.15) is 5.82 Å². The highest BCUT2D eigenvalue weighted by Gasteiger charge is 2.12. The van der Waals surface area contributed by atoms with E-state index in [9.17, 15) is 9.50 Å². The molecule has 0 amide bonds. The van der Waals surface area contributed by atoms with Gasteiger partial charge in [-0.05, 0) is 34.6 Å². The zero-order valence-electron chi connectivity index (χ0n) is 7.22. The SMILES string of the molecule is CNCC(O)c1cccc(F)c1Br. The van der Waals surface area contributed by atoms with E-state index in [4.69, 9.17) is 0 Å². The molecule has 1 aromatic rings. The number of nitrogens with one attached hydrogen (secondary N) is 1. The lowest BCUT2D eigenvalue weighted by atomic mass is 10.1. The van der Waals surface area contributed by atoms with Crippen LogP contribution in [0.2, 0.25) is 0 Å². The van der Waals surface area contributed by atoms with Crippen LogP contribution in [0, 0.1) is 5.82 Å². The number of halogens is 2. The summed E-state index contributed by atoms with van der Waals surface area (Å²) in [5.41, 5.74) is 0.564. The van der Waals surface area contributed by atoms with Crippen molar-refractivity contribution in [1.29, 1.82) is 0 Å². The Morgan fingerprint density at radius 2 is 2.31 bits per heavy atom.